The van der Waals surface area contributed by atoms with Gasteiger partial charge < -0.3 is 0 Å². The van der Waals surface area contributed by atoms with Crippen LogP contribution in [0.15, 0.2) is 146 Å². The summed E-state index contributed by atoms with van der Waals surface area (Å²) in [6.45, 7) is 0. The third-order valence-electron chi connectivity index (χ3n) is 23.5. The maximum absolute atomic E-state index is 14.9. The Morgan fingerprint density at radius 1 is 0.111 bits per heavy atom. The zero-order valence-electron chi connectivity index (χ0n) is 72.2. The molecule has 7 rings (SSSR count). The van der Waals surface area contributed by atoms with Crippen LogP contribution in [0, 0.1) is 0 Å². The summed E-state index contributed by atoms with van der Waals surface area (Å²) in [6.07, 6.45) is -75.2. The van der Waals surface area contributed by atoms with Crippen LogP contribution in [0.2, 0.25) is 0 Å². The average molecular weight is 2180 g/mol. The SMILES string of the molecule is FC(F)(F)C(F)(F)C(F)(F)C(F)(F)CCCCc1ccc(-c2c(-c3ccc(CCCCC(F)(F)C(F)(F)C(F)(F)C(F)(F)F)cc3)c(-c3ccc(CCCCC(F)(F)C(F)(F)C(F)(F)C(F)(F)F)cc3)c(-c3ccc(CCCCC(F)(F)C(F)(F)C(F)(F)C(F)(F)F)cc3)c(-c3ccc(CCCCC(F)(F)C(F)(F)C(F)(F)C(F)(F)F)cc3)c2-c2ccc(CCCCC(F)(F)C(F)(F)C(F)(F)C(F)(F)F)cc2)cc1. The van der Waals surface area contributed by atoms with Gasteiger partial charge in [-0.1, -0.05) is 146 Å². The molecule has 0 nitrogen and oxygen atoms in total. The van der Waals surface area contributed by atoms with Crippen LogP contribution in [-0.2, 0) is 38.5 Å². The van der Waals surface area contributed by atoms with Crippen LogP contribution in [0.25, 0.3) is 66.8 Å². The van der Waals surface area contributed by atoms with E-state index >= 15 is 0 Å². The fourth-order valence-corrected chi connectivity index (χ4v) is 15.0. The van der Waals surface area contributed by atoms with E-state index in [1.165, 1.54) is 0 Å². The number of alkyl halides is 54. The molecule has 0 aliphatic carbocycles. The Morgan fingerprint density at radius 2 is 0.201 bits per heavy atom. The predicted octanol–water partition coefficient (Wildman–Crippen LogP) is 36.8. The molecule has 0 saturated heterocycles. The molecule has 810 valence electrons. The first-order chi connectivity index (χ1) is 64.9. The van der Waals surface area contributed by atoms with Crippen molar-refractivity contribution in [3.05, 3.63) is 179 Å². The maximum atomic E-state index is 14.9. The first kappa shape index (κ1) is 122. The second-order valence-corrected chi connectivity index (χ2v) is 33.8. The van der Waals surface area contributed by atoms with E-state index in [1.807, 2.05) is 0 Å². The second kappa shape index (κ2) is 42.1. The van der Waals surface area contributed by atoms with Crippen molar-refractivity contribution in [3.63, 3.8) is 0 Å². The summed E-state index contributed by atoms with van der Waals surface area (Å²) in [7, 11) is 0. The van der Waals surface area contributed by atoms with Crippen molar-refractivity contribution in [2.45, 2.75) is 298 Å². The van der Waals surface area contributed by atoms with Gasteiger partial charge in [0.25, 0.3) is 0 Å². The third kappa shape index (κ3) is 24.2. The molecule has 0 unspecified atom stereocenters. The maximum Gasteiger partial charge on any atom is 0.460 e. The van der Waals surface area contributed by atoms with Crippen molar-refractivity contribution in [1.82, 2.24) is 0 Å². The first-order valence-corrected chi connectivity index (χ1v) is 41.9. The molecular weight excluding hydrogens is 2110 g/mol. The van der Waals surface area contributed by atoms with Gasteiger partial charge in [0, 0.05) is 38.5 Å². The minimum absolute atomic E-state index is 0.149. The Labute approximate surface area is 778 Å². The third-order valence-corrected chi connectivity index (χ3v) is 23.5. The van der Waals surface area contributed by atoms with E-state index in [2.05, 4.69) is 0 Å². The van der Waals surface area contributed by atoms with Crippen LogP contribution < -0.4 is 0 Å². The van der Waals surface area contributed by atoms with Crippen molar-refractivity contribution in [2.24, 2.45) is 0 Å². The molecule has 0 N–H and O–H groups in total. The first-order valence-electron chi connectivity index (χ1n) is 41.9. The van der Waals surface area contributed by atoms with Crippen LogP contribution in [0.5, 0.6) is 0 Å². The number of halogens is 54. The number of unbranched alkanes of at least 4 members (excludes halogenated alkanes) is 6. The average Bonchev–Trinajstić information content (AvgIpc) is 0.704. The summed E-state index contributed by atoms with van der Waals surface area (Å²) in [4.78, 5) is 0. The van der Waals surface area contributed by atoms with Gasteiger partial charge in [-0.25, -0.2) is 0 Å². The Bertz CT molecular complexity index is 4470. The van der Waals surface area contributed by atoms with Crippen LogP contribution in [0.1, 0.15) is 149 Å². The Hall–Kier alpha value is -9.24. The Kier molecular flexibility index (Phi) is 35.5. The minimum atomic E-state index is -7.37. The molecule has 0 bridgehead atoms. The number of aryl methyl sites for hydroxylation is 6. The van der Waals surface area contributed by atoms with Crippen molar-refractivity contribution in [2.75, 3.05) is 0 Å². The van der Waals surface area contributed by atoms with Gasteiger partial charge in [0.15, 0.2) is 0 Å². The van der Waals surface area contributed by atoms with Gasteiger partial charge in [-0.2, -0.15) is 237 Å². The van der Waals surface area contributed by atoms with Gasteiger partial charge in [0.1, 0.15) is 0 Å². The highest BCUT2D eigenvalue weighted by Crippen LogP contribution is 2.64. The van der Waals surface area contributed by atoms with Crippen LogP contribution >= 0.6 is 0 Å². The number of hydrogen-bond acceptors (Lipinski definition) is 0. The highest BCUT2D eigenvalue weighted by Gasteiger charge is 2.87. The molecule has 7 aromatic carbocycles. The lowest BCUT2D eigenvalue weighted by atomic mass is 9.73. The summed E-state index contributed by atoms with van der Waals surface area (Å²) in [5, 5.41) is 0. The standard InChI is InChI=1S/C90H72F54/c91-67(92,73(103,104)79(115,116)85(127,128)129)43-7-1-13-49-19-31-55(32-20-49)61-62(56-33-21-50(22-34-56)14-2-8-44-68(93,94)74(105,106)80(117,118)86(130,131)132)64(58-37-25-52(26-38-58)16-4-10-46-70(97,98)76(109,110)82(121,122)88(136,137)138)66(60-41-29-54(30-42-60)18-6-12-48-72(101,102)78(113,114)84(125,126)90(142,143)144)65(59-39-27-53(28-40-59)17-5-11-47-71(99,100)77(111,112)83(123,124)89(139,140)141)63(61)57-35-23-51(24-36-57)15-3-9-45-69(95,96)75(107,108)81(119,120)87(133,134)135/h19-42H,1-18,43-48H2. The van der Waals surface area contributed by atoms with E-state index in [4.69, 9.17) is 0 Å². The highest BCUT2D eigenvalue weighted by atomic mass is 19.5. The van der Waals surface area contributed by atoms with Crippen LogP contribution in [-0.4, -0.2) is 144 Å². The summed E-state index contributed by atoms with van der Waals surface area (Å²) in [6, 6.07) is 25.1. The van der Waals surface area contributed by atoms with Gasteiger partial charge in [-0.3, -0.25) is 0 Å². The molecule has 0 atom stereocenters. The molecule has 7 aromatic rings. The molecule has 54 heteroatoms. The van der Waals surface area contributed by atoms with Crippen molar-refractivity contribution < 1.29 is 237 Å². The molecule has 0 amide bonds. The molecular formula is C90H72F54. The summed E-state index contributed by atoms with van der Waals surface area (Å²) < 4.78 is 755. The summed E-state index contributed by atoms with van der Waals surface area (Å²) >= 11 is 0. The van der Waals surface area contributed by atoms with E-state index in [0.717, 1.165) is 146 Å². The van der Waals surface area contributed by atoms with E-state index < -0.39 is 298 Å². The largest absolute Gasteiger partial charge is 0.460 e. The summed E-state index contributed by atoms with van der Waals surface area (Å²) in [5.74, 6) is -124. The van der Waals surface area contributed by atoms with Crippen molar-refractivity contribution in [1.29, 1.82) is 0 Å². The number of rotatable bonds is 48. The van der Waals surface area contributed by atoms with E-state index in [0.29, 0.717) is 0 Å². The molecule has 0 aromatic heterocycles. The van der Waals surface area contributed by atoms with E-state index in [-0.39, 0.29) is 100 Å². The van der Waals surface area contributed by atoms with Crippen molar-refractivity contribution in [3.8, 4) is 66.8 Å². The van der Waals surface area contributed by atoms with Gasteiger partial charge >= 0.3 is 144 Å². The Balaban J connectivity index is 1.61. The zero-order valence-corrected chi connectivity index (χ0v) is 72.2. The molecule has 0 spiro atoms. The molecule has 144 heavy (non-hydrogen) atoms. The lowest BCUT2D eigenvalue weighted by molar-refractivity contribution is -0.396. The molecule has 0 aliphatic rings. The quantitative estimate of drug-likeness (QED) is 0.0263. The fourth-order valence-electron chi connectivity index (χ4n) is 15.0. The zero-order chi connectivity index (χ0) is 110. The van der Waals surface area contributed by atoms with Crippen LogP contribution in [0.3, 0.4) is 0 Å². The van der Waals surface area contributed by atoms with Crippen LogP contribution in [0.4, 0.5) is 237 Å². The van der Waals surface area contributed by atoms with E-state index in [1.54, 1.807) is 0 Å². The lowest BCUT2D eigenvalue weighted by Gasteiger charge is -2.33. The monoisotopic (exact) mass is 2180 g/mol. The minimum Gasteiger partial charge on any atom is -0.200 e. The van der Waals surface area contributed by atoms with Gasteiger partial charge in [-0.05, 0) is 216 Å². The summed E-state index contributed by atoms with van der Waals surface area (Å²) in [5.41, 5.74) is -4.83. The molecule has 0 heterocycles. The smallest absolute Gasteiger partial charge is 0.200 e. The molecule has 0 radical (unpaired) electrons. The number of benzene rings is 7. The molecule has 0 fully saturated rings. The number of hydrogen-bond donors (Lipinski definition) is 0. The lowest BCUT2D eigenvalue weighted by Crippen LogP contribution is -2.60. The highest BCUT2D eigenvalue weighted by molar-refractivity contribution is 6.15. The van der Waals surface area contributed by atoms with Crippen molar-refractivity contribution >= 4 is 0 Å². The van der Waals surface area contributed by atoms with Gasteiger partial charge in [0.2, 0.25) is 0 Å². The van der Waals surface area contributed by atoms with E-state index in [9.17, 15) is 237 Å². The fraction of sp³-hybridized carbons (Fsp3) is 0.533. The topological polar surface area (TPSA) is 0 Å². The Morgan fingerprint density at radius 3 is 0.285 bits per heavy atom. The normalized spacial score (nSPS) is 14.7. The second-order valence-electron chi connectivity index (χ2n) is 33.8. The van der Waals surface area contributed by atoms with Gasteiger partial charge in [-0.15, -0.1) is 0 Å². The van der Waals surface area contributed by atoms with Gasteiger partial charge in [0.05, 0.1) is 0 Å². The molecule has 0 saturated carbocycles. The molecule has 0 aliphatic heterocycles. The predicted molar refractivity (Wildman–Crippen MR) is 410 cm³/mol.